The second kappa shape index (κ2) is 4.61. The molecule has 0 bridgehead atoms. The summed E-state index contributed by atoms with van der Waals surface area (Å²) in [4.78, 5) is 14.3. The topological polar surface area (TPSA) is 62.3 Å². The highest BCUT2D eigenvalue weighted by molar-refractivity contribution is 5.86. The number of H-pyrrole nitrogens is 1. The van der Waals surface area contributed by atoms with Crippen molar-refractivity contribution in [2.75, 3.05) is 7.11 Å². The minimum Gasteiger partial charge on any atom is -0.496 e. The lowest BCUT2D eigenvalue weighted by Crippen LogP contribution is -2.10. The molecule has 1 atom stereocenters. The van der Waals surface area contributed by atoms with Crippen molar-refractivity contribution in [2.45, 2.75) is 25.2 Å². The molecule has 4 heteroatoms. The van der Waals surface area contributed by atoms with Gasteiger partial charge in [-0.15, -0.1) is 0 Å². The second-order valence-corrected chi connectivity index (χ2v) is 5.16. The summed E-state index contributed by atoms with van der Waals surface area (Å²) in [5, 5.41) is 10.2. The van der Waals surface area contributed by atoms with E-state index >= 15 is 0 Å². The molecule has 19 heavy (non-hydrogen) atoms. The Hall–Kier alpha value is -1.97. The average molecular weight is 259 g/mol. The molecule has 0 aliphatic heterocycles. The smallest absolute Gasteiger partial charge is 0.303 e. The number of aliphatic carboxylic acids is 1. The van der Waals surface area contributed by atoms with E-state index in [0.29, 0.717) is 5.92 Å². The molecule has 3 rings (SSSR count). The van der Waals surface area contributed by atoms with Crippen molar-refractivity contribution in [3.05, 3.63) is 30.0 Å². The standard InChI is InChI=1S/C15H17NO3/c1-19-13-5-4-12-10(6-7-16-12)15(13)11(8-14(17)18)9-2-3-9/h4-7,9,11,16H,2-3,8H2,1H3,(H,17,18). The van der Waals surface area contributed by atoms with Gasteiger partial charge in [-0.3, -0.25) is 4.79 Å². The third-order valence-electron chi connectivity index (χ3n) is 3.91. The molecule has 2 N–H and O–H groups in total. The number of carboxylic acid groups (broad SMARTS) is 1. The van der Waals surface area contributed by atoms with E-state index in [2.05, 4.69) is 4.98 Å². The predicted molar refractivity (Wildman–Crippen MR) is 72.6 cm³/mol. The molecule has 0 amide bonds. The molecule has 1 aliphatic rings. The van der Waals surface area contributed by atoms with Gasteiger partial charge in [0.15, 0.2) is 0 Å². The summed E-state index contributed by atoms with van der Waals surface area (Å²) < 4.78 is 5.46. The molecular weight excluding hydrogens is 242 g/mol. The van der Waals surface area contributed by atoms with Crippen LogP contribution < -0.4 is 4.74 Å². The van der Waals surface area contributed by atoms with Crippen molar-refractivity contribution in [3.8, 4) is 5.75 Å². The maximum Gasteiger partial charge on any atom is 0.303 e. The summed E-state index contributed by atoms with van der Waals surface area (Å²) >= 11 is 0. The van der Waals surface area contributed by atoms with Gasteiger partial charge >= 0.3 is 5.97 Å². The van der Waals surface area contributed by atoms with E-state index in [1.54, 1.807) is 7.11 Å². The lowest BCUT2D eigenvalue weighted by atomic mass is 9.88. The van der Waals surface area contributed by atoms with E-state index in [-0.39, 0.29) is 12.3 Å². The summed E-state index contributed by atoms with van der Waals surface area (Å²) in [6.45, 7) is 0. The highest BCUT2D eigenvalue weighted by atomic mass is 16.5. The van der Waals surface area contributed by atoms with Crippen LogP contribution in [0.15, 0.2) is 24.4 Å². The number of benzene rings is 1. The maximum atomic E-state index is 11.1. The molecule has 1 aromatic heterocycles. The molecule has 1 fully saturated rings. The van der Waals surface area contributed by atoms with E-state index in [9.17, 15) is 4.79 Å². The van der Waals surface area contributed by atoms with E-state index in [1.165, 1.54) is 0 Å². The third-order valence-corrected chi connectivity index (χ3v) is 3.91. The Balaban J connectivity index is 2.13. The lowest BCUT2D eigenvalue weighted by Gasteiger charge is -2.19. The molecule has 1 aliphatic carbocycles. The van der Waals surface area contributed by atoms with Crippen molar-refractivity contribution in [1.29, 1.82) is 0 Å². The highest BCUT2D eigenvalue weighted by Crippen LogP contribution is 2.49. The van der Waals surface area contributed by atoms with Crippen LogP contribution in [-0.4, -0.2) is 23.2 Å². The molecular formula is C15H17NO3. The first-order valence-electron chi connectivity index (χ1n) is 6.56. The predicted octanol–water partition coefficient (Wildman–Crippen LogP) is 3.14. The normalized spacial score (nSPS) is 16.5. The van der Waals surface area contributed by atoms with E-state index in [4.69, 9.17) is 9.84 Å². The Morgan fingerprint density at radius 3 is 2.89 bits per heavy atom. The third kappa shape index (κ3) is 2.18. The number of aromatic nitrogens is 1. The van der Waals surface area contributed by atoms with Crippen LogP contribution in [0.25, 0.3) is 10.9 Å². The van der Waals surface area contributed by atoms with Crippen LogP contribution in [0.5, 0.6) is 5.75 Å². The number of methoxy groups -OCH3 is 1. The van der Waals surface area contributed by atoms with Gasteiger partial charge in [0.2, 0.25) is 0 Å². The van der Waals surface area contributed by atoms with Crippen molar-refractivity contribution in [3.63, 3.8) is 0 Å². The monoisotopic (exact) mass is 259 g/mol. The Morgan fingerprint density at radius 1 is 1.47 bits per heavy atom. The molecule has 0 spiro atoms. The van der Waals surface area contributed by atoms with Crippen molar-refractivity contribution < 1.29 is 14.6 Å². The summed E-state index contributed by atoms with van der Waals surface area (Å²) in [7, 11) is 1.64. The van der Waals surface area contributed by atoms with Crippen molar-refractivity contribution in [2.24, 2.45) is 5.92 Å². The lowest BCUT2D eigenvalue weighted by molar-refractivity contribution is -0.137. The van der Waals surface area contributed by atoms with Crippen LogP contribution in [0.1, 0.15) is 30.7 Å². The van der Waals surface area contributed by atoms with Gasteiger partial charge < -0.3 is 14.8 Å². The van der Waals surface area contributed by atoms with E-state index in [0.717, 1.165) is 35.1 Å². The molecule has 2 aromatic rings. The molecule has 4 nitrogen and oxygen atoms in total. The van der Waals surface area contributed by atoms with E-state index in [1.807, 2.05) is 24.4 Å². The largest absolute Gasteiger partial charge is 0.496 e. The number of hydrogen-bond acceptors (Lipinski definition) is 2. The minimum atomic E-state index is -0.744. The molecule has 100 valence electrons. The van der Waals surface area contributed by atoms with Crippen molar-refractivity contribution in [1.82, 2.24) is 4.98 Å². The fraction of sp³-hybridized carbons (Fsp3) is 0.400. The van der Waals surface area contributed by atoms with Gasteiger partial charge in [-0.05, 0) is 37.0 Å². The molecule has 0 saturated heterocycles. The van der Waals surface area contributed by atoms with Gasteiger partial charge in [-0.1, -0.05) is 0 Å². The van der Waals surface area contributed by atoms with Crippen molar-refractivity contribution >= 4 is 16.9 Å². The fourth-order valence-corrected chi connectivity index (χ4v) is 2.89. The Labute approximate surface area is 111 Å². The number of hydrogen-bond donors (Lipinski definition) is 2. The first kappa shape index (κ1) is 12.1. The molecule has 1 unspecified atom stereocenters. The number of fused-ring (bicyclic) bond motifs is 1. The number of rotatable bonds is 5. The van der Waals surface area contributed by atoms with Crippen LogP contribution in [0, 0.1) is 5.92 Å². The SMILES string of the molecule is COc1ccc2[nH]ccc2c1C(CC(=O)O)C1CC1. The van der Waals surface area contributed by atoms with Gasteiger partial charge in [-0.2, -0.15) is 0 Å². The van der Waals surface area contributed by atoms with Crippen LogP contribution in [-0.2, 0) is 4.79 Å². The van der Waals surface area contributed by atoms with Crippen LogP contribution in [0.2, 0.25) is 0 Å². The zero-order chi connectivity index (χ0) is 13.4. The first-order valence-corrected chi connectivity index (χ1v) is 6.56. The van der Waals surface area contributed by atoms with Gasteiger partial charge in [0.05, 0.1) is 13.5 Å². The molecule has 1 aromatic carbocycles. The van der Waals surface area contributed by atoms with Gasteiger partial charge in [-0.25, -0.2) is 0 Å². The zero-order valence-electron chi connectivity index (χ0n) is 10.8. The van der Waals surface area contributed by atoms with Crippen LogP contribution >= 0.6 is 0 Å². The van der Waals surface area contributed by atoms with Gasteiger partial charge in [0, 0.05) is 28.6 Å². The summed E-state index contributed by atoms with van der Waals surface area (Å²) in [6.07, 6.45) is 4.29. The van der Waals surface area contributed by atoms with Gasteiger partial charge in [0.1, 0.15) is 5.75 Å². The van der Waals surface area contributed by atoms with Crippen LogP contribution in [0.3, 0.4) is 0 Å². The maximum absolute atomic E-state index is 11.1. The minimum absolute atomic E-state index is 0.0481. The molecule has 0 radical (unpaired) electrons. The number of nitrogens with one attached hydrogen (secondary N) is 1. The highest BCUT2D eigenvalue weighted by Gasteiger charge is 2.36. The summed E-state index contributed by atoms with van der Waals surface area (Å²) in [5.41, 5.74) is 2.08. The number of carbonyl (C=O) groups is 1. The Morgan fingerprint density at radius 2 is 2.26 bits per heavy atom. The van der Waals surface area contributed by atoms with E-state index < -0.39 is 5.97 Å². The Kier molecular flexibility index (Phi) is 2.93. The molecule has 1 heterocycles. The van der Waals surface area contributed by atoms with Crippen LogP contribution in [0.4, 0.5) is 0 Å². The Bertz CT molecular complexity index is 613. The quantitative estimate of drug-likeness (QED) is 0.867. The zero-order valence-corrected chi connectivity index (χ0v) is 10.8. The van der Waals surface area contributed by atoms with Gasteiger partial charge in [0.25, 0.3) is 0 Å². The number of carboxylic acids is 1. The first-order chi connectivity index (χ1) is 9.20. The fourth-order valence-electron chi connectivity index (χ4n) is 2.89. The number of ether oxygens (including phenoxy) is 1. The second-order valence-electron chi connectivity index (χ2n) is 5.16. The summed E-state index contributed by atoms with van der Waals surface area (Å²) in [5.74, 6) is 0.578. The average Bonchev–Trinajstić information content (AvgIpc) is 3.12. The number of aromatic amines is 1. The molecule has 1 saturated carbocycles. The summed E-state index contributed by atoms with van der Waals surface area (Å²) in [6, 6.07) is 5.90.